The Kier molecular flexibility index (Phi) is 7.39. The average molecular weight is 479 g/mol. The number of hydrogen-bond acceptors (Lipinski definition) is 4. The van der Waals surface area contributed by atoms with Gasteiger partial charge >= 0.3 is 0 Å². The zero-order valence-corrected chi connectivity index (χ0v) is 19.3. The van der Waals surface area contributed by atoms with Crippen LogP contribution in [0.2, 0.25) is 0 Å². The van der Waals surface area contributed by atoms with Gasteiger partial charge in [0.15, 0.2) is 0 Å². The number of hydrogen-bond donors (Lipinski definition) is 2. The summed E-state index contributed by atoms with van der Waals surface area (Å²) >= 11 is 0. The van der Waals surface area contributed by atoms with Crippen molar-refractivity contribution in [2.45, 2.75) is 26.2 Å². The highest BCUT2D eigenvalue weighted by Gasteiger charge is 2.18. The van der Waals surface area contributed by atoms with Crippen molar-refractivity contribution in [3.05, 3.63) is 111 Å². The number of anilines is 1. The van der Waals surface area contributed by atoms with Crippen LogP contribution in [0.25, 0.3) is 6.08 Å². The van der Waals surface area contributed by atoms with E-state index in [-0.39, 0.29) is 28.1 Å². The molecule has 0 fully saturated rings. The second kappa shape index (κ2) is 10.3. The lowest BCUT2D eigenvalue weighted by molar-refractivity contribution is -0.384. The van der Waals surface area contributed by atoms with E-state index in [4.69, 9.17) is 0 Å². The minimum absolute atomic E-state index is 0.116. The number of carbonyl (C=O) groups excluding carboxylic acids is 2. The van der Waals surface area contributed by atoms with Crippen molar-refractivity contribution < 1.29 is 23.3 Å². The quantitative estimate of drug-likeness (QED) is 0.274. The molecule has 0 saturated carbocycles. The minimum atomic E-state index is -0.989. The van der Waals surface area contributed by atoms with Crippen molar-refractivity contribution in [2.75, 3.05) is 5.32 Å². The van der Waals surface area contributed by atoms with Crippen molar-refractivity contribution in [1.82, 2.24) is 5.32 Å². The molecule has 0 unspecified atom stereocenters. The van der Waals surface area contributed by atoms with E-state index >= 15 is 0 Å². The topological polar surface area (TPSA) is 101 Å². The molecule has 0 atom stereocenters. The fourth-order valence-corrected chi connectivity index (χ4v) is 3.11. The number of nitro benzene ring substituents is 1. The normalized spacial score (nSPS) is 11.6. The van der Waals surface area contributed by atoms with E-state index in [0.29, 0.717) is 11.6 Å². The number of nitro groups is 1. The lowest BCUT2D eigenvalue weighted by Gasteiger charge is -2.19. The van der Waals surface area contributed by atoms with Crippen LogP contribution in [0.3, 0.4) is 0 Å². The van der Waals surface area contributed by atoms with Gasteiger partial charge in [-0.15, -0.1) is 0 Å². The first-order chi connectivity index (χ1) is 16.4. The molecule has 0 aliphatic heterocycles. The van der Waals surface area contributed by atoms with Crippen LogP contribution >= 0.6 is 0 Å². The number of nitrogens with one attached hydrogen (secondary N) is 2. The summed E-state index contributed by atoms with van der Waals surface area (Å²) in [6, 6.07) is 14.8. The van der Waals surface area contributed by atoms with Crippen molar-refractivity contribution in [3.8, 4) is 0 Å². The van der Waals surface area contributed by atoms with E-state index in [0.717, 1.165) is 17.7 Å². The molecular formula is C26H23F2N3O4. The molecule has 2 N–H and O–H groups in total. The SMILES string of the molecule is CC(C)(C)c1ccc(C(=O)NC(=Cc2ccc([N+](=O)[O-])cc2)C(=O)Nc2ccc(F)cc2F)cc1. The van der Waals surface area contributed by atoms with Crippen LogP contribution in [-0.4, -0.2) is 16.7 Å². The first kappa shape index (κ1) is 25.2. The molecule has 180 valence electrons. The molecule has 0 aliphatic rings. The van der Waals surface area contributed by atoms with Crippen LogP contribution in [0.4, 0.5) is 20.2 Å². The number of nitrogens with zero attached hydrogens (tertiary/aromatic N) is 1. The molecular weight excluding hydrogens is 456 g/mol. The van der Waals surface area contributed by atoms with Gasteiger partial charge in [0.25, 0.3) is 17.5 Å². The summed E-state index contributed by atoms with van der Waals surface area (Å²) in [6.07, 6.45) is 1.29. The zero-order valence-electron chi connectivity index (χ0n) is 19.3. The second-order valence-electron chi connectivity index (χ2n) is 8.77. The van der Waals surface area contributed by atoms with Gasteiger partial charge in [0, 0.05) is 23.8 Å². The number of halogens is 2. The maximum atomic E-state index is 14.1. The smallest absolute Gasteiger partial charge is 0.272 e. The molecule has 0 heterocycles. The first-order valence-electron chi connectivity index (χ1n) is 10.6. The first-order valence-corrected chi connectivity index (χ1v) is 10.6. The predicted octanol–water partition coefficient (Wildman–Crippen LogP) is 5.58. The molecule has 0 spiro atoms. The van der Waals surface area contributed by atoms with E-state index in [2.05, 4.69) is 10.6 Å². The molecule has 0 radical (unpaired) electrons. The Morgan fingerprint density at radius 3 is 2.11 bits per heavy atom. The van der Waals surface area contributed by atoms with E-state index in [1.165, 1.54) is 30.3 Å². The summed E-state index contributed by atoms with van der Waals surface area (Å²) in [7, 11) is 0. The Balaban J connectivity index is 1.91. The number of rotatable bonds is 6. The number of benzene rings is 3. The third kappa shape index (κ3) is 6.57. The summed E-state index contributed by atoms with van der Waals surface area (Å²) in [5.74, 6) is -3.26. The fourth-order valence-electron chi connectivity index (χ4n) is 3.11. The van der Waals surface area contributed by atoms with E-state index in [1.54, 1.807) is 12.1 Å². The van der Waals surface area contributed by atoms with Crippen LogP contribution in [0.5, 0.6) is 0 Å². The van der Waals surface area contributed by atoms with Crippen LogP contribution in [0.1, 0.15) is 42.3 Å². The molecule has 0 saturated heterocycles. The largest absolute Gasteiger partial charge is 0.318 e. The zero-order chi connectivity index (χ0) is 25.8. The Labute approximate surface area is 200 Å². The van der Waals surface area contributed by atoms with Crippen molar-refractivity contribution >= 4 is 29.3 Å². The molecule has 0 aliphatic carbocycles. The molecule has 9 heteroatoms. The third-order valence-electron chi connectivity index (χ3n) is 5.10. The molecule has 2 amide bonds. The average Bonchev–Trinajstić information content (AvgIpc) is 2.80. The third-order valence-corrected chi connectivity index (χ3v) is 5.10. The van der Waals surface area contributed by atoms with Crippen LogP contribution in [0.15, 0.2) is 72.4 Å². The van der Waals surface area contributed by atoms with Crippen LogP contribution in [0, 0.1) is 21.7 Å². The van der Waals surface area contributed by atoms with E-state index in [9.17, 15) is 28.5 Å². The van der Waals surface area contributed by atoms with E-state index < -0.39 is 28.4 Å². The summed E-state index contributed by atoms with van der Waals surface area (Å²) in [5.41, 5.74) is 0.888. The lowest BCUT2D eigenvalue weighted by Crippen LogP contribution is -2.31. The van der Waals surface area contributed by atoms with Gasteiger partial charge in [0.2, 0.25) is 0 Å². The Morgan fingerprint density at radius 1 is 0.943 bits per heavy atom. The van der Waals surface area contributed by atoms with Crippen LogP contribution in [-0.2, 0) is 10.2 Å². The Hall–Kier alpha value is -4.40. The van der Waals surface area contributed by atoms with Crippen molar-refractivity contribution in [2.24, 2.45) is 0 Å². The molecule has 3 rings (SSSR count). The number of non-ortho nitro benzene ring substituents is 1. The van der Waals surface area contributed by atoms with Crippen molar-refractivity contribution in [3.63, 3.8) is 0 Å². The highest BCUT2D eigenvalue weighted by atomic mass is 19.1. The summed E-state index contributed by atoms with van der Waals surface area (Å²) in [5, 5.41) is 15.7. The maximum Gasteiger partial charge on any atom is 0.272 e. The van der Waals surface area contributed by atoms with Crippen molar-refractivity contribution in [1.29, 1.82) is 0 Å². The monoisotopic (exact) mass is 479 g/mol. The minimum Gasteiger partial charge on any atom is -0.318 e. The fraction of sp³-hybridized carbons (Fsp3) is 0.154. The van der Waals surface area contributed by atoms with Gasteiger partial charge in [-0.25, -0.2) is 8.78 Å². The van der Waals surface area contributed by atoms with Crippen LogP contribution < -0.4 is 10.6 Å². The highest BCUT2D eigenvalue weighted by molar-refractivity contribution is 6.10. The highest BCUT2D eigenvalue weighted by Crippen LogP contribution is 2.22. The molecule has 7 nitrogen and oxygen atoms in total. The van der Waals surface area contributed by atoms with Gasteiger partial charge < -0.3 is 10.6 Å². The van der Waals surface area contributed by atoms with Gasteiger partial charge in [-0.05, 0) is 59.0 Å². The van der Waals surface area contributed by atoms with Gasteiger partial charge in [0.05, 0.1) is 10.6 Å². The number of amides is 2. The summed E-state index contributed by atoms with van der Waals surface area (Å²) in [6.45, 7) is 6.10. The predicted molar refractivity (Wildman–Crippen MR) is 129 cm³/mol. The molecule has 3 aromatic carbocycles. The van der Waals surface area contributed by atoms with Gasteiger partial charge in [0.1, 0.15) is 17.3 Å². The summed E-state index contributed by atoms with van der Waals surface area (Å²) in [4.78, 5) is 36.1. The number of carbonyl (C=O) groups is 2. The maximum absolute atomic E-state index is 14.1. The lowest BCUT2D eigenvalue weighted by atomic mass is 9.87. The molecule has 0 aromatic heterocycles. The molecule has 35 heavy (non-hydrogen) atoms. The van der Waals surface area contributed by atoms with Gasteiger partial charge in [-0.1, -0.05) is 32.9 Å². The molecule has 0 bridgehead atoms. The standard InChI is InChI=1S/C26H23F2N3O4/c1-26(2,3)18-8-6-17(7-9-18)24(32)30-23(14-16-4-11-20(12-5-16)31(34)35)25(33)29-22-13-10-19(27)15-21(22)28/h4-15H,1-3H3,(H,29,33)(H,30,32). The Morgan fingerprint density at radius 2 is 1.57 bits per heavy atom. The second-order valence-corrected chi connectivity index (χ2v) is 8.77. The van der Waals surface area contributed by atoms with E-state index in [1.807, 2.05) is 32.9 Å². The summed E-state index contributed by atoms with van der Waals surface area (Å²) < 4.78 is 27.3. The van der Waals surface area contributed by atoms with Gasteiger partial charge in [-0.3, -0.25) is 19.7 Å². The Bertz CT molecular complexity index is 1300. The van der Waals surface area contributed by atoms with Gasteiger partial charge in [-0.2, -0.15) is 0 Å². The molecule has 3 aromatic rings.